The van der Waals surface area contributed by atoms with E-state index in [2.05, 4.69) is 18.9 Å². The number of rotatable bonds is 12. The van der Waals surface area contributed by atoms with Gasteiger partial charge in [-0.15, -0.1) is 0 Å². The molecule has 0 saturated carbocycles. The number of nitrogens with zero attached hydrogens (tertiary/aromatic N) is 3. The molecule has 0 aliphatic rings. The van der Waals surface area contributed by atoms with E-state index in [0.29, 0.717) is 23.7 Å². The van der Waals surface area contributed by atoms with Crippen molar-refractivity contribution in [2.45, 2.75) is 84.0 Å². The Balaban J connectivity index is 2.92. The van der Waals surface area contributed by atoms with E-state index in [9.17, 15) is 8.42 Å². The second-order valence-corrected chi connectivity index (χ2v) is 8.52. The van der Waals surface area contributed by atoms with Gasteiger partial charge in [0.25, 0.3) is 0 Å². The number of aryl methyl sites for hydroxylation is 2. The van der Waals surface area contributed by atoms with Gasteiger partial charge in [0.1, 0.15) is 4.90 Å². The largest absolute Gasteiger partial charge is 0.271 e. The van der Waals surface area contributed by atoms with Crippen LogP contribution in [0.3, 0.4) is 0 Å². The van der Waals surface area contributed by atoms with E-state index in [1.165, 1.54) is 0 Å². The Morgan fingerprint density at radius 1 is 0.917 bits per heavy atom. The summed E-state index contributed by atoms with van der Waals surface area (Å²) in [6, 6.07) is 0. The van der Waals surface area contributed by atoms with Crippen molar-refractivity contribution in [2.24, 2.45) is 7.05 Å². The van der Waals surface area contributed by atoms with Gasteiger partial charge in [0.15, 0.2) is 0 Å². The molecule has 6 heteroatoms. The zero-order valence-corrected chi connectivity index (χ0v) is 17.0. The third-order valence-electron chi connectivity index (χ3n) is 4.56. The molecule has 0 N–H and O–H groups in total. The Morgan fingerprint density at radius 3 is 1.79 bits per heavy atom. The average molecular weight is 358 g/mol. The fourth-order valence-corrected chi connectivity index (χ4v) is 4.96. The molecule has 0 unspecified atom stereocenters. The molecule has 0 aliphatic heterocycles. The molecule has 140 valence electrons. The lowest BCUT2D eigenvalue weighted by atomic mass is 10.2. The highest BCUT2D eigenvalue weighted by Crippen LogP contribution is 2.24. The van der Waals surface area contributed by atoms with Gasteiger partial charge in [0.05, 0.1) is 11.4 Å². The molecule has 0 spiro atoms. The Kier molecular flexibility index (Phi) is 8.98. The Bertz CT molecular complexity index is 582. The van der Waals surface area contributed by atoms with Crippen LogP contribution in [-0.2, 0) is 17.1 Å². The fourth-order valence-electron chi connectivity index (χ4n) is 3.04. The summed E-state index contributed by atoms with van der Waals surface area (Å²) in [5.74, 6) is 0. The van der Waals surface area contributed by atoms with E-state index >= 15 is 0 Å². The second-order valence-electron chi connectivity index (χ2n) is 6.65. The zero-order chi connectivity index (χ0) is 18.2. The smallest absolute Gasteiger partial charge is 0.246 e. The van der Waals surface area contributed by atoms with Crippen molar-refractivity contribution >= 4 is 10.0 Å². The molecule has 5 nitrogen and oxygen atoms in total. The van der Waals surface area contributed by atoms with Crippen molar-refractivity contribution in [3.63, 3.8) is 0 Å². The predicted molar refractivity (Wildman–Crippen MR) is 99.7 cm³/mol. The molecule has 0 aromatic carbocycles. The molecule has 1 aromatic heterocycles. The minimum Gasteiger partial charge on any atom is -0.271 e. The van der Waals surface area contributed by atoms with Crippen LogP contribution in [0.5, 0.6) is 0 Å². The van der Waals surface area contributed by atoms with E-state index in [0.717, 1.165) is 57.1 Å². The quantitative estimate of drug-likeness (QED) is 0.527. The molecular formula is C18H35N3O2S. The summed E-state index contributed by atoms with van der Waals surface area (Å²) in [6.45, 7) is 9.18. The number of sulfonamides is 1. The van der Waals surface area contributed by atoms with Crippen LogP contribution in [0.15, 0.2) is 4.90 Å². The van der Waals surface area contributed by atoms with Gasteiger partial charge in [-0.05, 0) is 26.7 Å². The van der Waals surface area contributed by atoms with Gasteiger partial charge in [-0.3, -0.25) is 4.68 Å². The summed E-state index contributed by atoms with van der Waals surface area (Å²) in [6.07, 6.45) is 8.67. The van der Waals surface area contributed by atoms with E-state index < -0.39 is 10.0 Å². The Labute approximate surface area is 148 Å². The molecule has 0 radical (unpaired) electrons. The monoisotopic (exact) mass is 357 g/mol. The molecular weight excluding hydrogens is 322 g/mol. The Hall–Kier alpha value is -0.880. The molecule has 1 aromatic rings. The summed E-state index contributed by atoms with van der Waals surface area (Å²) in [5, 5.41) is 4.29. The summed E-state index contributed by atoms with van der Waals surface area (Å²) < 4.78 is 29.7. The number of hydrogen-bond donors (Lipinski definition) is 0. The highest BCUT2D eigenvalue weighted by molar-refractivity contribution is 7.89. The van der Waals surface area contributed by atoms with Crippen molar-refractivity contribution in [2.75, 3.05) is 13.1 Å². The normalized spacial score (nSPS) is 12.2. The molecule has 0 amide bonds. The maximum absolute atomic E-state index is 13.2. The number of unbranched alkanes of at least 4 members (excludes halogenated alkanes) is 6. The summed E-state index contributed by atoms with van der Waals surface area (Å²) in [5.41, 5.74) is 1.32. The zero-order valence-electron chi connectivity index (χ0n) is 16.1. The van der Waals surface area contributed by atoms with Crippen LogP contribution in [0, 0.1) is 13.8 Å². The lowest BCUT2D eigenvalue weighted by molar-refractivity contribution is 0.385. The minimum absolute atomic E-state index is 0.399. The van der Waals surface area contributed by atoms with Gasteiger partial charge in [0.2, 0.25) is 10.0 Å². The number of aromatic nitrogens is 2. The maximum Gasteiger partial charge on any atom is 0.246 e. The first kappa shape index (κ1) is 21.2. The molecule has 1 heterocycles. The van der Waals surface area contributed by atoms with Gasteiger partial charge >= 0.3 is 0 Å². The molecule has 0 bridgehead atoms. The minimum atomic E-state index is -3.47. The maximum atomic E-state index is 13.2. The van der Waals surface area contributed by atoms with Crippen LogP contribution < -0.4 is 0 Å². The lowest BCUT2D eigenvalue weighted by Crippen LogP contribution is -2.33. The van der Waals surface area contributed by atoms with Crippen molar-refractivity contribution in [1.82, 2.24) is 14.1 Å². The standard InChI is InChI=1S/C18H35N3O2S/c1-6-8-10-12-14-21(15-13-11-9-7-2)24(22,23)18-16(3)19-20(5)17(18)4/h6-15H2,1-5H3. The third-order valence-corrected chi connectivity index (χ3v) is 6.71. The third kappa shape index (κ3) is 5.59. The SMILES string of the molecule is CCCCCCN(CCCCCC)S(=O)(=O)c1c(C)nn(C)c1C. The van der Waals surface area contributed by atoms with Crippen molar-refractivity contribution in [3.05, 3.63) is 11.4 Å². The fraction of sp³-hybridized carbons (Fsp3) is 0.833. The average Bonchev–Trinajstić information content (AvgIpc) is 2.78. The molecule has 0 atom stereocenters. The molecule has 1 rings (SSSR count). The lowest BCUT2D eigenvalue weighted by Gasteiger charge is -2.22. The first-order valence-corrected chi connectivity index (χ1v) is 10.8. The van der Waals surface area contributed by atoms with E-state index in [1.54, 1.807) is 23.0 Å². The molecule has 0 saturated heterocycles. The van der Waals surface area contributed by atoms with E-state index in [-0.39, 0.29) is 0 Å². The Morgan fingerprint density at radius 2 is 1.42 bits per heavy atom. The van der Waals surface area contributed by atoms with Gasteiger partial charge in [0, 0.05) is 20.1 Å². The summed E-state index contributed by atoms with van der Waals surface area (Å²) >= 11 is 0. The molecule has 0 fully saturated rings. The predicted octanol–water partition coefficient (Wildman–Crippen LogP) is 4.19. The highest BCUT2D eigenvalue weighted by Gasteiger charge is 2.29. The highest BCUT2D eigenvalue weighted by atomic mass is 32.2. The first-order valence-electron chi connectivity index (χ1n) is 9.36. The molecule has 0 aliphatic carbocycles. The van der Waals surface area contributed by atoms with Crippen LogP contribution in [0.2, 0.25) is 0 Å². The van der Waals surface area contributed by atoms with Crippen LogP contribution in [0.25, 0.3) is 0 Å². The van der Waals surface area contributed by atoms with Crippen molar-refractivity contribution < 1.29 is 8.42 Å². The van der Waals surface area contributed by atoms with Gasteiger partial charge in [-0.2, -0.15) is 9.40 Å². The van der Waals surface area contributed by atoms with Gasteiger partial charge in [-0.1, -0.05) is 52.4 Å². The van der Waals surface area contributed by atoms with Crippen LogP contribution in [0.1, 0.15) is 76.6 Å². The second kappa shape index (κ2) is 10.2. The molecule has 24 heavy (non-hydrogen) atoms. The van der Waals surface area contributed by atoms with Crippen LogP contribution in [0.4, 0.5) is 0 Å². The van der Waals surface area contributed by atoms with E-state index in [1.807, 2.05) is 6.92 Å². The summed E-state index contributed by atoms with van der Waals surface area (Å²) in [4.78, 5) is 0.399. The van der Waals surface area contributed by atoms with Crippen LogP contribution >= 0.6 is 0 Å². The first-order chi connectivity index (χ1) is 11.4. The van der Waals surface area contributed by atoms with Gasteiger partial charge in [-0.25, -0.2) is 8.42 Å². The van der Waals surface area contributed by atoms with Crippen molar-refractivity contribution in [3.8, 4) is 0 Å². The van der Waals surface area contributed by atoms with Crippen LogP contribution in [-0.4, -0.2) is 35.6 Å². The van der Waals surface area contributed by atoms with E-state index in [4.69, 9.17) is 0 Å². The topological polar surface area (TPSA) is 55.2 Å². The van der Waals surface area contributed by atoms with Gasteiger partial charge < -0.3 is 0 Å². The number of hydrogen-bond acceptors (Lipinski definition) is 3. The van der Waals surface area contributed by atoms with Crippen molar-refractivity contribution in [1.29, 1.82) is 0 Å². The summed E-state index contributed by atoms with van der Waals surface area (Å²) in [7, 11) is -1.67.